The van der Waals surface area contributed by atoms with Gasteiger partial charge in [-0.05, 0) is 132 Å². The minimum Gasteiger partial charge on any atom is -0.467 e. The van der Waals surface area contributed by atoms with Crippen LogP contribution in [0.1, 0.15) is 118 Å². The number of rotatable bonds is 28. The Balaban J connectivity index is 0.905. The summed E-state index contributed by atoms with van der Waals surface area (Å²) in [5, 5.41) is 16.2. The summed E-state index contributed by atoms with van der Waals surface area (Å²) in [6.07, 6.45) is -1.13. The number of halogens is 2. The number of nitrogens with one attached hydrogen (secondary N) is 6. The summed E-state index contributed by atoms with van der Waals surface area (Å²) < 4.78 is 47.6. The molecule has 2 aliphatic rings. The molecule has 0 saturated carbocycles. The number of ether oxygens (including phenoxy) is 4. The number of alkyl carbamates (subject to hydrolysis) is 2. The van der Waals surface area contributed by atoms with Crippen LogP contribution in [0.15, 0.2) is 133 Å². The molecule has 2 atom stereocenters. The van der Waals surface area contributed by atoms with Crippen molar-refractivity contribution in [3.63, 3.8) is 0 Å². The Labute approximate surface area is 523 Å². The van der Waals surface area contributed by atoms with Crippen LogP contribution in [0.3, 0.4) is 0 Å². The van der Waals surface area contributed by atoms with E-state index in [1.807, 2.05) is 12.1 Å². The SMILES string of the molecule is COC(=O)[C@H](CCCNC(=O)c1cc2c(cc1C(=O)NCCc1ccc(F)cc1)CN(C(=O)CC(=O)N1Cc3cc(C(=O)NCCC[C@H](NC(=O)OCc4ccccc4)C(=O)OC)c(C(=O)NCCc4ccc(F)cc4)cc3C1)C2)NC(=O)OCc1ccccc1. The second kappa shape index (κ2) is 32.6. The number of hydrogen-bond donors (Lipinski definition) is 6. The molecule has 6 aromatic rings. The van der Waals surface area contributed by atoms with Crippen LogP contribution >= 0.6 is 0 Å². The van der Waals surface area contributed by atoms with Crippen molar-refractivity contribution in [2.75, 3.05) is 40.4 Å². The third kappa shape index (κ3) is 19.2. The van der Waals surface area contributed by atoms with E-state index < -0.39 is 89.7 Å². The molecule has 0 aliphatic carbocycles. The normalized spacial score (nSPS) is 12.7. The van der Waals surface area contributed by atoms with Gasteiger partial charge in [-0.15, -0.1) is 0 Å². The predicted octanol–water partition coefficient (Wildman–Crippen LogP) is 6.64. The first-order valence-electron chi connectivity index (χ1n) is 29.5. The first-order valence-corrected chi connectivity index (χ1v) is 29.5. The maximum Gasteiger partial charge on any atom is 0.408 e. The van der Waals surface area contributed by atoms with Crippen molar-refractivity contribution in [1.29, 1.82) is 0 Å². The zero-order valence-electron chi connectivity index (χ0n) is 50.2. The molecule has 0 saturated heterocycles. The van der Waals surface area contributed by atoms with Crippen LogP contribution in [0.4, 0.5) is 18.4 Å². The van der Waals surface area contributed by atoms with Gasteiger partial charge in [0, 0.05) is 52.4 Å². The second-order valence-corrected chi connectivity index (χ2v) is 21.6. The highest BCUT2D eigenvalue weighted by atomic mass is 19.1. The Morgan fingerprint density at radius 2 is 0.747 bits per heavy atom. The molecule has 91 heavy (non-hydrogen) atoms. The molecular formula is C67H70F2N8O14. The molecule has 0 bridgehead atoms. The summed E-state index contributed by atoms with van der Waals surface area (Å²) in [6, 6.07) is 33.3. The average molecular weight is 1250 g/mol. The Kier molecular flexibility index (Phi) is 23.8. The molecule has 0 unspecified atom stereocenters. The molecular weight excluding hydrogens is 1180 g/mol. The molecule has 8 amide bonds. The maximum absolute atomic E-state index is 14.1. The van der Waals surface area contributed by atoms with Gasteiger partial charge in [0.15, 0.2) is 0 Å². The second-order valence-electron chi connectivity index (χ2n) is 21.6. The minimum atomic E-state index is -1.11. The first kappa shape index (κ1) is 66.4. The fourth-order valence-electron chi connectivity index (χ4n) is 10.3. The monoisotopic (exact) mass is 1250 g/mol. The Hall–Kier alpha value is -10.5. The third-order valence-corrected chi connectivity index (χ3v) is 15.2. The van der Waals surface area contributed by atoms with Gasteiger partial charge in [-0.3, -0.25) is 28.8 Å². The molecule has 0 aromatic heterocycles. The number of amides is 8. The number of hydrogen-bond acceptors (Lipinski definition) is 14. The van der Waals surface area contributed by atoms with Gasteiger partial charge in [-0.1, -0.05) is 84.9 Å². The van der Waals surface area contributed by atoms with Gasteiger partial charge < -0.3 is 60.6 Å². The van der Waals surface area contributed by atoms with Crippen molar-refractivity contribution < 1.29 is 75.7 Å². The number of methoxy groups -OCH3 is 2. The molecule has 6 N–H and O–H groups in total. The topological polar surface area (TPSA) is 286 Å². The van der Waals surface area contributed by atoms with Crippen LogP contribution in [0, 0.1) is 11.6 Å². The fraction of sp³-hybridized carbons (Fsp3) is 0.313. The highest BCUT2D eigenvalue weighted by Crippen LogP contribution is 2.30. The summed E-state index contributed by atoms with van der Waals surface area (Å²) in [7, 11) is 2.34. The Bertz CT molecular complexity index is 3380. The van der Waals surface area contributed by atoms with E-state index in [-0.39, 0.29) is 114 Å². The molecule has 8 rings (SSSR count). The number of carbonyl (C=O) groups excluding carboxylic acids is 10. The van der Waals surface area contributed by atoms with Gasteiger partial charge in [-0.2, -0.15) is 0 Å². The van der Waals surface area contributed by atoms with Crippen LogP contribution in [-0.4, -0.2) is 122 Å². The van der Waals surface area contributed by atoms with E-state index in [1.165, 1.54) is 72.6 Å². The van der Waals surface area contributed by atoms with Gasteiger partial charge in [0.2, 0.25) is 11.8 Å². The standard InChI is InChI=1S/C67H70F2N8O14/c1-88-64(84)56(74-66(86)90-40-44-11-5-3-6-12-44)15-9-27-70-60(80)52-31-46-36-76(38-48(46)33-54(52)62(82)72-29-25-42-17-21-50(68)22-18-42)58(78)35-59(79)77-37-47-32-53(55(34-49(47)39-77)63(83)73-30-26-43-19-23-51(69)24-20-43)61(81)71-28-10-16-57(65(85)89-2)75-67(87)91-41-45-13-7-4-8-14-45/h3-8,11-14,17-24,31-34,56-57H,9-10,15-16,25-30,35-41H2,1-2H3,(H,70,80)(H,71,81)(H,72,82)(H,73,83)(H,74,86)(H,75,87)/t56-,57-/m0/s1. The quantitative estimate of drug-likeness (QED) is 0.0130. The van der Waals surface area contributed by atoms with Crippen LogP contribution in [0.25, 0.3) is 0 Å². The first-order chi connectivity index (χ1) is 43.9. The largest absolute Gasteiger partial charge is 0.467 e. The van der Waals surface area contributed by atoms with Crippen LogP contribution < -0.4 is 31.9 Å². The fourth-order valence-corrected chi connectivity index (χ4v) is 10.3. The van der Waals surface area contributed by atoms with E-state index in [9.17, 15) is 56.7 Å². The van der Waals surface area contributed by atoms with Crippen molar-refractivity contribution in [2.45, 2.75) is 96.4 Å². The molecule has 0 fully saturated rings. The van der Waals surface area contributed by atoms with E-state index >= 15 is 0 Å². The lowest BCUT2D eigenvalue weighted by molar-refractivity contribution is -0.144. The van der Waals surface area contributed by atoms with Gasteiger partial charge in [-0.25, -0.2) is 28.0 Å². The lowest BCUT2D eigenvalue weighted by Gasteiger charge is -2.19. The molecule has 0 spiro atoms. The predicted molar refractivity (Wildman–Crippen MR) is 325 cm³/mol. The van der Waals surface area contributed by atoms with Crippen LogP contribution in [-0.2, 0) is 90.4 Å². The van der Waals surface area contributed by atoms with Gasteiger partial charge >= 0.3 is 24.1 Å². The van der Waals surface area contributed by atoms with Crippen molar-refractivity contribution in [3.05, 3.63) is 212 Å². The van der Waals surface area contributed by atoms with E-state index in [4.69, 9.17) is 18.9 Å². The smallest absolute Gasteiger partial charge is 0.408 e. The maximum atomic E-state index is 14.1. The molecule has 2 aliphatic heterocycles. The molecule has 2 heterocycles. The summed E-state index contributed by atoms with van der Waals surface area (Å²) in [4.78, 5) is 137. The number of carbonyl (C=O) groups is 10. The van der Waals surface area contributed by atoms with E-state index in [0.29, 0.717) is 35.1 Å². The number of benzene rings is 6. The Morgan fingerprint density at radius 3 is 1.07 bits per heavy atom. The minimum absolute atomic E-state index is 0.00127. The molecule has 0 radical (unpaired) electrons. The molecule has 476 valence electrons. The highest BCUT2D eigenvalue weighted by Gasteiger charge is 2.33. The van der Waals surface area contributed by atoms with Crippen molar-refractivity contribution in [1.82, 2.24) is 41.7 Å². The highest BCUT2D eigenvalue weighted by molar-refractivity contribution is 6.09. The lowest BCUT2D eigenvalue weighted by Crippen LogP contribution is -2.42. The molecule has 24 heteroatoms. The van der Waals surface area contributed by atoms with Crippen molar-refractivity contribution >= 4 is 59.6 Å². The van der Waals surface area contributed by atoms with Gasteiger partial charge in [0.05, 0.1) is 36.5 Å². The van der Waals surface area contributed by atoms with Gasteiger partial charge in [0.25, 0.3) is 23.6 Å². The zero-order valence-corrected chi connectivity index (χ0v) is 50.2. The van der Waals surface area contributed by atoms with E-state index in [0.717, 1.165) is 22.3 Å². The summed E-state index contributed by atoms with van der Waals surface area (Å²) in [6.45, 7) is 0.149. The zero-order chi connectivity index (χ0) is 64.8. The van der Waals surface area contributed by atoms with E-state index in [1.54, 1.807) is 72.8 Å². The number of nitrogens with zero attached hydrogens (tertiary/aromatic N) is 2. The van der Waals surface area contributed by atoms with E-state index in [2.05, 4.69) is 31.9 Å². The average Bonchev–Trinajstić information content (AvgIpc) is 1.73. The summed E-state index contributed by atoms with van der Waals surface area (Å²) in [5.74, 6) is -5.89. The summed E-state index contributed by atoms with van der Waals surface area (Å²) >= 11 is 0. The van der Waals surface area contributed by atoms with Gasteiger partial charge in [0.1, 0.15) is 43.4 Å². The Morgan fingerprint density at radius 1 is 0.429 bits per heavy atom. The van der Waals surface area contributed by atoms with Crippen LogP contribution in [0.2, 0.25) is 0 Å². The third-order valence-electron chi connectivity index (χ3n) is 15.2. The van der Waals surface area contributed by atoms with Crippen LogP contribution in [0.5, 0.6) is 0 Å². The number of fused-ring (bicyclic) bond motifs is 2. The van der Waals surface area contributed by atoms with Crippen molar-refractivity contribution in [2.24, 2.45) is 0 Å². The lowest BCUT2D eigenvalue weighted by atomic mass is 9.98. The summed E-state index contributed by atoms with van der Waals surface area (Å²) in [5.41, 5.74) is 5.13. The number of esters is 2. The molecule has 22 nitrogen and oxygen atoms in total. The molecule has 6 aromatic carbocycles. The van der Waals surface area contributed by atoms with Crippen molar-refractivity contribution in [3.8, 4) is 0 Å².